The fraction of sp³-hybridized carbons (Fsp3) is 0.333. The lowest BCUT2D eigenvalue weighted by Gasteiger charge is -2.17. The van der Waals surface area contributed by atoms with Crippen molar-refractivity contribution in [3.05, 3.63) is 41.1 Å². The van der Waals surface area contributed by atoms with Gasteiger partial charge in [0, 0.05) is 22.4 Å². The van der Waals surface area contributed by atoms with Gasteiger partial charge in [-0.15, -0.1) is 0 Å². The minimum Gasteiger partial charge on any atom is -0.383 e. The molecule has 0 unspecified atom stereocenters. The highest BCUT2D eigenvalue weighted by molar-refractivity contribution is 5.59. The molecule has 0 saturated carbocycles. The summed E-state index contributed by atoms with van der Waals surface area (Å²) in [5.74, 6) is 1.03. The first-order chi connectivity index (χ1) is 9.65. The van der Waals surface area contributed by atoms with Crippen LogP contribution < -0.4 is 5.73 Å². The van der Waals surface area contributed by atoms with E-state index in [2.05, 4.69) is 9.97 Å². The van der Waals surface area contributed by atoms with Crippen molar-refractivity contribution in [2.45, 2.75) is 32.1 Å². The molecule has 3 rings (SSSR count). The third kappa shape index (κ3) is 2.35. The summed E-state index contributed by atoms with van der Waals surface area (Å²) in [6, 6.07) is 6.04. The van der Waals surface area contributed by atoms with Crippen molar-refractivity contribution < 1.29 is 8.78 Å². The topological polar surface area (TPSA) is 51.8 Å². The summed E-state index contributed by atoms with van der Waals surface area (Å²) >= 11 is 0. The Hall–Kier alpha value is -2.04. The Kier molecular flexibility index (Phi) is 3.34. The number of hydrogen-bond acceptors (Lipinski definition) is 3. The molecule has 20 heavy (non-hydrogen) atoms. The second-order valence-corrected chi connectivity index (χ2v) is 4.99. The van der Waals surface area contributed by atoms with E-state index in [0.29, 0.717) is 11.6 Å². The summed E-state index contributed by atoms with van der Waals surface area (Å²) in [4.78, 5) is 8.85. The van der Waals surface area contributed by atoms with E-state index < -0.39 is 6.43 Å². The van der Waals surface area contributed by atoms with Crippen LogP contribution in [0.25, 0.3) is 11.4 Å². The average Bonchev–Trinajstić information content (AvgIpc) is 2.47. The number of anilines is 1. The number of nitrogens with two attached hydrogens (primary N) is 1. The zero-order chi connectivity index (χ0) is 14.1. The molecule has 0 radical (unpaired) electrons. The lowest BCUT2D eigenvalue weighted by Crippen LogP contribution is -2.11. The number of nitrogens with zero attached hydrogens (tertiary/aromatic N) is 2. The third-order valence-corrected chi connectivity index (χ3v) is 3.64. The first kappa shape index (κ1) is 13.0. The van der Waals surface area contributed by atoms with E-state index in [1.165, 1.54) is 12.1 Å². The molecule has 3 nitrogen and oxygen atoms in total. The van der Waals surface area contributed by atoms with Crippen molar-refractivity contribution in [1.82, 2.24) is 9.97 Å². The van der Waals surface area contributed by atoms with Crippen LogP contribution in [0.15, 0.2) is 24.3 Å². The molecule has 1 aromatic carbocycles. The molecule has 2 N–H and O–H groups in total. The van der Waals surface area contributed by atoms with Crippen molar-refractivity contribution in [2.75, 3.05) is 5.73 Å². The maximum absolute atomic E-state index is 12.5. The molecule has 104 valence electrons. The number of halogens is 2. The van der Waals surface area contributed by atoms with E-state index in [1.54, 1.807) is 12.1 Å². The van der Waals surface area contributed by atoms with Gasteiger partial charge in [-0.1, -0.05) is 24.3 Å². The van der Waals surface area contributed by atoms with Crippen molar-refractivity contribution in [2.24, 2.45) is 0 Å². The van der Waals surface area contributed by atoms with Crippen LogP contribution in [0.3, 0.4) is 0 Å². The Bertz CT molecular complexity index is 624. The molecule has 0 fully saturated rings. The van der Waals surface area contributed by atoms with Crippen molar-refractivity contribution in [3.63, 3.8) is 0 Å². The van der Waals surface area contributed by atoms with Crippen LogP contribution >= 0.6 is 0 Å². The molecule has 1 heterocycles. The Morgan fingerprint density at radius 3 is 2.40 bits per heavy atom. The summed E-state index contributed by atoms with van der Waals surface area (Å²) in [7, 11) is 0. The van der Waals surface area contributed by atoms with Gasteiger partial charge >= 0.3 is 0 Å². The number of hydrogen-bond donors (Lipinski definition) is 1. The predicted octanol–water partition coefficient (Wildman–Crippen LogP) is 3.54. The Balaban J connectivity index is 1.99. The van der Waals surface area contributed by atoms with Gasteiger partial charge < -0.3 is 5.73 Å². The van der Waals surface area contributed by atoms with Gasteiger partial charge in [0.05, 0.1) is 0 Å². The molecular formula is C15H15F2N3. The maximum Gasteiger partial charge on any atom is 0.263 e. The zero-order valence-corrected chi connectivity index (χ0v) is 10.9. The van der Waals surface area contributed by atoms with E-state index in [0.717, 1.165) is 42.5 Å². The zero-order valence-electron chi connectivity index (χ0n) is 10.9. The number of nitrogen functional groups attached to an aromatic ring is 1. The SMILES string of the molecule is Nc1nc(-c2ccc(C(F)F)cc2)nc2c1CCCC2. The average molecular weight is 275 g/mol. The van der Waals surface area contributed by atoms with Gasteiger partial charge in [0.2, 0.25) is 0 Å². The van der Waals surface area contributed by atoms with Crippen LogP contribution in [0.2, 0.25) is 0 Å². The van der Waals surface area contributed by atoms with Gasteiger partial charge in [-0.05, 0) is 25.7 Å². The monoisotopic (exact) mass is 275 g/mol. The third-order valence-electron chi connectivity index (χ3n) is 3.64. The minimum absolute atomic E-state index is 0.000294. The van der Waals surface area contributed by atoms with Crippen LogP contribution in [-0.2, 0) is 12.8 Å². The molecule has 1 aliphatic rings. The highest BCUT2D eigenvalue weighted by atomic mass is 19.3. The van der Waals surface area contributed by atoms with Gasteiger partial charge in [0.15, 0.2) is 5.82 Å². The summed E-state index contributed by atoms with van der Waals surface area (Å²) in [6.45, 7) is 0. The first-order valence-corrected chi connectivity index (χ1v) is 6.69. The lowest BCUT2D eigenvalue weighted by atomic mass is 9.96. The fourth-order valence-electron chi connectivity index (χ4n) is 2.53. The summed E-state index contributed by atoms with van der Waals surface area (Å²) < 4.78 is 25.1. The number of alkyl halides is 2. The van der Waals surface area contributed by atoms with E-state index in [1.807, 2.05) is 0 Å². The summed E-state index contributed by atoms with van der Waals surface area (Å²) in [5, 5.41) is 0. The van der Waals surface area contributed by atoms with Gasteiger partial charge in [-0.25, -0.2) is 18.7 Å². The van der Waals surface area contributed by atoms with Crippen LogP contribution in [-0.4, -0.2) is 9.97 Å². The molecule has 0 aliphatic heterocycles. The number of rotatable bonds is 2. The molecule has 1 aliphatic carbocycles. The molecule has 1 aromatic heterocycles. The van der Waals surface area contributed by atoms with Gasteiger partial charge in [0.25, 0.3) is 6.43 Å². The Morgan fingerprint density at radius 1 is 1.00 bits per heavy atom. The molecule has 0 atom stereocenters. The summed E-state index contributed by atoms with van der Waals surface area (Å²) in [5.41, 5.74) is 8.75. The molecule has 0 bridgehead atoms. The number of aryl methyl sites for hydroxylation is 1. The largest absolute Gasteiger partial charge is 0.383 e. The predicted molar refractivity (Wildman–Crippen MR) is 73.5 cm³/mol. The van der Waals surface area contributed by atoms with E-state index in [4.69, 9.17) is 5.73 Å². The maximum atomic E-state index is 12.5. The second kappa shape index (κ2) is 5.15. The first-order valence-electron chi connectivity index (χ1n) is 6.69. The van der Waals surface area contributed by atoms with Crippen molar-refractivity contribution >= 4 is 5.82 Å². The van der Waals surface area contributed by atoms with Crippen LogP contribution in [0, 0.1) is 0 Å². The van der Waals surface area contributed by atoms with Gasteiger partial charge in [-0.2, -0.15) is 0 Å². The van der Waals surface area contributed by atoms with Gasteiger partial charge in [0.1, 0.15) is 5.82 Å². The second-order valence-electron chi connectivity index (χ2n) is 4.99. The van der Waals surface area contributed by atoms with E-state index in [9.17, 15) is 8.78 Å². The van der Waals surface area contributed by atoms with Crippen LogP contribution in [0.1, 0.15) is 36.1 Å². The number of benzene rings is 1. The number of fused-ring (bicyclic) bond motifs is 1. The lowest BCUT2D eigenvalue weighted by molar-refractivity contribution is 0.151. The molecule has 5 heteroatoms. The highest BCUT2D eigenvalue weighted by Gasteiger charge is 2.17. The van der Waals surface area contributed by atoms with Crippen molar-refractivity contribution in [1.29, 1.82) is 0 Å². The summed E-state index contributed by atoms with van der Waals surface area (Å²) in [6.07, 6.45) is 1.59. The minimum atomic E-state index is -2.46. The highest BCUT2D eigenvalue weighted by Crippen LogP contribution is 2.27. The molecule has 0 amide bonds. The fourth-order valence-corrected chi connectivity index (χ4v) is 2.53. The standard InChI is InChI=1S/C15H15F2N3/c16-13(17)9-5-7-10(8-6-9)15-19-12-4-2-1-3-11(12)14(18)20-15/h5-8,13H,1-4H2,(H2,18,19,20). The molecular weight excluding hydrogens is 260 g/mol. The Morgan fingerprint density at radius 2 is 1.70 bits per heavy atom. The smallest absolute Gasteiger partial charge is 0.263 e. The Labute approximate surface area is 115 Å². The van der Waals surface area contributed by atoms with Crippen LogP contribution in [0.5, 0.6) is 0 Å². The van der Waals surface area contributed by atoms with Gasteiger partial charge in [-0.3, -0.25) is 0 Å². The van der Waals surface area contributed by atoms with Crippen LogP contribution in [0.4, 0.5) is 14.6 Å². The van der Waals surface area contributed by atoms with Crippen molar-refractivity contribution in [3.8, 4) is 11.4 Å². The normalized spacial score (nSPS) is 14.3. The quantitative estimate of drug-likeness (QED) is 0.912. The number of aromatic nitrogens is 2. The van der Waals surface area contributed by atoms with E-state index in [-0.39, 0.29) is 5.56 Å². The molecule has 2 aromatic rings. The molecule has 0 spiro atoms. The molecule has 0 saturated heterocycles. The van der Waals surface area contributed by atoms with E-state index >= 15 is 0 Å².